The van der Waals surface area contributed by atoms with Crippen LogP contribution >= 0.6 is 23.2 Å². The van der Waals surface area contributed by atoms with Gasteiger partial charge in [0.25, 0.3) is 17.7 Å². The summed E-state index contributed by atoms with van der Waals surface area (Å²) in [4.78, 5) is 52.9. The van der Waals surface area contributed by atoms with Crippen molar-refractivity contribution in [1.29, 1.82) is 0 Å². The molecule has 6 nitrogen and oxygen atoms in total. The summed E-state index contributed by atoms with van der Waals surface area (Å²) in [6.07, 6.45) is 2.91. The van der Waals surface area contributed by atoms with Crippen molar-refractivity contribution in [1.82, 2.24) is 10.0 Å². The van der Waals surface area contributed by atoms with Crippen LogP contribution in [0.2, 0.25) is 10.0 Å². The number of nitrogens with zero attached hydrogens (tertiary/aromatic N) is 2. The number of carbonyl (C=O) groups is 4. The standard InChI is InChI=1S/C24H22Cl2N2O4/c1-14-6-8-15(9-7-14)21(29)13-27(22(30)19-11-10-16(25)12-20(19)26)28-23(31)17-4-2-3-5-18(17)24(28)32/h6-12,17-18H,2-5,13H2,1H3/t17-,18+. The number of hydrazine groups is 1. The summed E-state index contributed by atoms with van der Waals surface area (Å²) in [6.45, 7) is 1.44. The number of fused-ring (bicyclic) bond motifs is 1. The van der Waals surface area contributed by atoms with Crippen LogP contribution in [0.25, 0.3) is 0 Å². The molecular weight excluding hydrogens is 451 g/mol. The number of Topliss-reactive ketones (excluding diaryl/α,β-unsaturated/α-hetero) is 1. The minimum absolute atomic E-state index is 0.0586. The number of ketones is 1. The highest BCUT2D eigenvalue weighted by Gasteiger charge is 2.51. The van der Waals surface area contributed by atoms with E-state index < -0.39 is 36.1 Å². The molecule has 1 aliphatic carbocycles. The van der Waals surface area contributed by atoms with Crippen LogP contribution in [0, 0.1) is 18.8 Å². The molecule has 4 rings (SSSR count). The first-order chi connectivity index (χ1) is 15.3. The zero-order chi connectivity index (χ0) is 23.0. The van der Waals surface area contributed by atoms with Crippen molar-refractivity contribution in [2.24, 2.45) is 11.8 Å². The molecule has 2 fully saturated rings. The number of hydrogen-bond donors (Lipinski definition) is 0. The van der Waals surface area contributed by atoms with Gasteiger partial charge in [0.05, 0.1) is 22.4 Å². The molecule has 0 aromatic heterocycles. The van der Waals surface area contributed by atoms with E-state index >= 15 is 0 Å². The number of carbonyl (C=O) groups excluding carboxylic acids is 4. The predicted molar refractivity (Wildman–Crippen MR) is 120 cm³/mol. The van der Waals surface area contributed by atoms with Gasteiger partial charge >= 0.3 is 0 Å². The molecule has 2 atom stereocenters. The summed E-state index contributed by atoms with van der Waals surface area (Å²) in [5.74, 6) is -2.88. The van der Waals surface area contributed by atoms with Gasteiger partial charge < -0.3 is 0 Å². The van der Waals surface area contributed by atoms with Crippen LogP contribution in [-0.4, -0.2) is 40.1 Å². The maximum absolute atomic E-state index is 13.5. The fourth-order valence-electron chi connectivity index (χ4n) is 4.38. The van der Waals surface area contributed by atoms with Crippen molar-refractivity contribution < 1.29 is 19.2 Å². The van der Waals surface area contributed by atoms with E-state index in [4.69, 9.17) is 23.2 Å². The molecule has 1 heterocycles. The summed E-state index contributed by atoms with van der Waals surface area (Å²) >= 11 is 12.2. The van der Waals surface area contributed by atoms with Gasteiger partial charge in [-0.2, -0.15) is 5.01 Å². The number of aryl methyl sites for hydroxylation is 1. The largest absolute Gasteiger partial charge is 0.292 e. The second kappa shape index (κ2) is 9.04. The third kappa shape index (κ3) is 4.17. The van der Waals surface area contributed by atoms with Crippen molar-refractivity contribution >= 4 is 46.7 Å². The lowest BCUT2D eigenvalue weighted by atomic mass is 9.81. The third-order valence-electron chi connectivity index (χ3n) is 6.12. The predicted octanol–water partition coefficient (Wildman–Crippen LogP) is 4.72. The Labute approximate surface area is 196 Å². The Morgan fingerprint density at radius 1 is 0.969 bits per heavy atom. The second-order valence-corrected chi connectivity index (χ2v) is 9.11. The molecule has 8 heteroatoms. The summed E-state index contributed by atoms with van der Waals surface area (Å²) in [6, 6.07) is 11.2. The van der Waals surface area contributed by atoms with E-state index in [0.717, 1.165) is 28.4 Å². The molecule has 166 valence electrons. The van der Waals surface area contributed by atoms with E-state index in [9.17, 15) is 19.2 Å². The molecule has 3 amide bonds. The van der Waals surface area contributed by atoms with Crippen LogP contribution in [0.3, 0.4) is 0 Å². The maximum Gasteiger partial charge on any atom is 0.274 e. The highest BCUT2D eigenvalue weighted by Crippen LogP contribution is 2.39. The first-order valence-corrected chi connectivity index (χ1v) is 11.3. The molecule has 0 N–H and O–H groups in total. The third-order valence-corrected chi connectivity index (χ3v) is 6.67. The van der Waals surface area contributed by atoms with E-state index in [1.165, 1.54) is 18.2 Å². The average molecular weight is 473 g/mol. The molecular formula is C24H22Cl2N2O4. The number of rotatable bonds is 5. The van der Waals surface area contributed by atoms with Crippen molar-refractivity contribution in [2.75, 3.05) is 6.54 Å². The van der Waals surface area contributed by atoms with Crippen LogP contribution < -0.4 is 0 Å². The number of hydrogen-bond acceptors (Lipinski definition) is 4. The number of halogens is 2. The Balaban J connectivity index is 1.71. The molecule has 0 bridgehead atoms. The van der Waals surface area contributed by atoms with E-state index in [2.05, 4.69) is 0 Å². The SMILES string of the molecule is Cc1ccc(C(=O)CN(C(=O)c2ccc(Cl)cc2Cl)N2C(=O)[C@H]3CCCC[C@H]3C2=O)cc1. The van der Waals surface area contributed by atoms with E-state index in [-0.39, 0.29) is 16.4 Å². The molecule has 0 unspecified atom stereocenters. The summed E-state index contributed by atoms with van der Waals surface area (Å²) in [7, 11) is 0. The van der Waals surface area contributed by atoms with Gasteiger partial charge in [-0.05, 0) is 38.0 Å². The van der Waals surface area contributed by atoms with Gasteiger partial charge in [-0.1, -0.05) is 65.9 Å². The quantitative estimate of drug-likeness (QED) is 0.466. The Kier molecular flexibility index (Phi) is 6.35. The Morgan fingerprint density at radius 3 is 2.12 bits per heavy atom. The lowest BCUT2D eigenvalue weighted by Crippen LogP contribution is -2.52. The molecule has 2 aromatic carbocycles. The monoisotopic (exact) mass is 472 g/mol. The molecule has 32 heavy (non-hydrogen) atoms. The summed E-state index contributed by atoms with van der Waals surface area (Å²) in [5, 5.41) is 2.24. The first kappa shape index (κ1) is 22.5. The van der Waals surface area contributed by atoms with Gasteiger partial charge in [0.2, 0.25) is 0 Å². The zero-order valence-electron chi connectivity index (χ0n) is 17.5. The zero-order valence-corrected chi connectivity index (χ0v) is 19.0. The molecule has 1 saturated heterocycles. The minimum Gasteiger partial charge on any atom is -0.292 e. The maximum atomic E-state index is 13.5. The van der Waals surface area contributed by atoms with E-state index in [1.807, 2.05) is 6.92 Å². The number of benzene rings is 2. The van der Waals surface area contributed by atoms with Gasteiger partial charge in [0, 0.05) is 10.6 Å². The van der Waals surface area contributed by atoms with Gasteiger partial charge in [-0.25, -0.2) is 5.01 Å². The highest BCUT2D eigenvalue weighted by atomic mass is 35.5. The van der Waals surface area contributed by atoms with Crippen molar-refractivity contribution in [2.45, 2.75) is 32.6 Å². The topological polar surface area (TPSA) is 74.8 Å². The van der Waals surface area contributed by atoms with E-state index in [0.29, 0.717) is 23.4 Å². The van der Waals surface area contributed by atoms with Gasteiger partial charge in [-0.15, -0.1) is 0 Å². The van der Waals surface area contributed by atoms with Crippen LogP contribution in [-0.2, 0) is 9.59 Å². The highest BCUT2D eigenvalue weighted by molar-refractivity contribution is 6.36. The fraction of sp³-hybridized carbons (Fsp3) is 0.333. The molecule has 2 aromatic rings. The Morgan fingerprint density at radius 2 is 1.56 bits per heavy atom. The van der Waals surface area contributed by atoms with Gasteiger partial charge in [0.15, 0.2) is 5.78 Å². The molecule has 0 spiro atoms. The first-order valence-electron chi connectivity index (χ1n) is 10.5. The second-order valence-electron chi connectivity index (χ2n) is 8.26. The van der Waals surface area contributed by atoms with E-state index in [1.54, 1.807) is 24.3 Å². The molecule has 0 radical (unpaired) electrons. The molecule has 1 aliphatic heterocycles. The summed E-state index contributed by atoms with van der Waals surface area (Å²) < 4.78 is 0. The normalized spacial score (nSPS) is 20.3. The van der Waals surface area contributed by atoms with Crippen molar-refractivity contribution in [3.8, 4) is 0 Å². The van der Waals surface area contributed by atoms with Crippen LogP contribution in [0.5, 0.6) is 0 Å². The van der Waals surface area contributed by atoms with Gasteiger partial charge in [0.1, 0.15) is 6.54 Å². The van der Waals surface area contributed by atoms with Crippen LogP contribution in [0.4, 0.5) is 0 Å². The van der Waals surface area contributed by atoms with Crippen molar-refractivity contribution in [3.05, 3.63) is 69.2 Å². The van der Waals surface area contributed by atoms with Crippen molar-refractivity contribution in [3.63, 3.8) is 0 Å². The number of imide groups is 1. The average Bonchev–Trinajstić information content (AvgIpc) is 3.02. The van der Waals surface area contributed by atoms with Gasteiger partial charge in [-0.3, -0.25) is 19.2 Å². The fourth-order valence-corrected chi connectivity index (χ4v) is 4.87. The Hall–Kier alpha value is -2.70. The Bertz CT molecular complexity index is 1080. The number of amides is 3. The molecule has 2 aliphatic rings. The lowest BCUT2D eigenvalue weighted by molar-refractivity contribution is -0.154. The summed E-state index contributed by atoms with van der Waals surface area (Å²) in [5.41, 5.74) is 1.42. The van der Waals surface area contributed by atoms with Crippen LogP contribution in [0.15, 0.2) is 42.5 Å². The lowest BCUT2D eigenvalue weighted by Gasteiger charge is -2.30. The minimum atomic E-state index is -0.701. The smallest absolute Gasteiger partial charge is 0.274 e. The van der Waals surface area contributed by atoms with Crippen LogP contribution in [0.1, 0.15) is 52.0 Å². The molecule has 1 saturated carbocycles.